The summed E-state index contributed by atoms with van der Waals surface area (Å²) < 4.78 is 10.6. The van der Waals surface area contributed by atoms with Gasteiger partial charge in [0, 0.05) is 33.9 Å². The molecule has 5 nitrogen and oxygen atoms in total. The molecule has 1 aromatic carbocycles. The molecular weight excluding hydrogens is 453 g/mol. The molecule has 1 aromatic rings. The van der Waals surface area contributed by atoms with Gasteiger partial charge in [-0.25, -0.2) is 4.99 Å². The molecule has 0 spiro atoms. The maximum absolute atomic E-state index is 5.34. The summed E-state index contributed by atoms with van der Waals surface area (Å²) in [6.07, 6.45) is 6.32. The van der Waals surface area contributed by atoms with Gasteiger partial charge in [-0.05, 0) is 42.7 Å². The van der Waals surface area contributed by atoms with Crippen LogP contribution in [0, 0.1) is 5.41 Å². The average Bonchev–Trinajstić information content (AvgIpc) is 3.13. The maximum Gasteiger partial charge on any atom is 0.191 e. The van der Waals surface area contributed by atoms with Gasteiger partial charge >= 0.3 is 0 Å². The zero-order chi connectivity index (χ0) is 18.7. The Bertz CT molecular complexity index is 560. The first-order valence-electron chi connectivity index (χ1n) is 9.80. The zero-order valence-electron chi connectivity index (χ0n) is 17.1. The van der Waals surface area contributed by atoms with Crippen LogP contribution in [-0.2, 0) is 22.6 Å². The number of aliphatic imine (C=N–C) groups is 1. The van der Waals surface area contributed by atoms with Gasteiger partial charge in [-0.15, -0.1) is 24.0 Å². The zero-order valence-corrected chi connectivity index (χ0v) is 19.4. The van der Waals surface area contributed by atoms with Crippen LogP contribution in [0.5, 0.6) is 0 Å². The molecule has 0 aromatic heterocycles. The molecule has 0 amide bonds. The van der Waals surface area contributed by atoms with E-state index in [1.54, 1.807) is 14.2 Å². The van der Waals surface area contributed by atoms with E-state index in [2.05, 4.69) is 35.8 Å². The Kier molecular flexibility index (Phi) is 11.9. The molecule has 2 N–H and O–H groups in total. The lowest BCUT2D eigenvalue weighted by Crippen LogP contribution is -2.43. The molecule has 0 bridgehead atoms. The summed E-state index contributed by atoms with van der Waals surface area (Å²) in [5.74, 6) is 0.892. The Morgan fingerprint density at radius 1 is 1.07 bits per heavy atom. The number of guanidine groups is 1. The van der Waals surface area contributed by atoms with Gasteiger partial charge in [0.05, 0.1) is 13.2 Å². The third kappa shape index (κ3) is 7.95. The van der Waals surface area contributed by atoms with E-state index in [0.29, 0.717) is 18.6 Å². The summed E-state index contributed by atoms with van der Waals surface area (Å²) in [6, 6.07) is 8.33. The van der Waals surface area contributed by atoms with Crippen LogP contribution >= 0.6 is 24.0 Å². The van der Waals surface area contributed by atoms with Gasteiger partial charge in [-0.1, -0.05) is 37.1 Å². The predicted octanol–water partition coefficient (Wildman–Crippen LogP) is 4.10. The van der Waals surface area contributed by atoms with Crippen LogP contribution in [0.25, 0.3) is 0 Å². The lowest BCUT2D eigenvalue weighted by atomic mass is 9.83. The topological polar surface area (TPSA) is 54.9 Å². The Hall–Kier alpha value is -0.860. The fourth-order valence-electron chi connectivity index (χ4n) is 3.74. The first kappa shape index (κ1) is 24.2. The van der Waals surface area contributed by atoms with Crippen molar-refractivity contribution in [1.29, 1.82) is 0 Å². The summed E-state index contributed by atoms with van der Waals surface area (Å²) in [6.45, 7) is 6.03. The molecule has 0 unspecified atom stereocenters. The molecule has 0 saturated heterocycles. The predicted molar refractivity (Wildman–Crippen MR) is 123 cm³/mol. The van der Waals surface area contributed by atoms with E-state index in [9.17, 15) is 0 Å². The molecule has 0 heterocycles. The van der Waals surface area contributed by atoms with E-state index in [1.807, 2.05) is 6.07 Å². The summed E-state index contributed by atoms with van der Waals surface area (Å²) >= 11 is 0. The van der Waals surface area contributed by atoms with Crippen LogP contribution in [-0.4, -0.2) is 39.9 Å². The van der Waals surface area contributed by atoms with Gasteiger partial charge in [0.25, 0.3) is 0 Å². The van der Waals surface area contributed by atoms with Gasteiger partial charge in [0.15, 0.2) is 5.96 Å². The standard InChI is InChI=1S/C21H35N3O2.HI/c1-4-22-20(23-15-18-9-5-6-10-19(18)16-26-3)24-17-21(13-14-25-2)11-7-8-12-21;/h5-6,9-10H,4,7-8,11-17H2,1-3H3,(H2,22,23,24);1H. The van der Waals surface area contributed by atoms with Crippen LogP contribution in [0.3, 0.4) is 0 Å². The van der Waals surface area contributed by atoms with Crippen LogP contribution in [0.15, 0.2) is 29.3 Å². The highest BCUT2D eigenvalue weighted by molar-refractivity contribution is 14.0. The Labute approximate surface area is 181 Å². The number of nitrogens with zero attached hydrogens (tertiary/aromatic N) is 1. The smallest absolute Gasteiger partial charge is 0.191 e. The Morgan fingerprint density at radius 3 is 2.41 bits per heavy atom. The highest BCUT2D eigenvalue weighted by Gasteiger charge is 2.33. The lowest BCUT2D eigenvalue weighted by molar-refractivity contribution is 0.138. The second-order valence-electron chi connectivity index (χ2n) is 7.20. The SMILES string of the molecule is CCNC(=NCc1ccccc1COC)NCC1(CCOC)CCCC1.I. The molecule has 0 radical (unpaired) electrons. The number of hydrogen-bond donors (Lipinski definition) is 2. The van der Waals surface area contributed by atoms with E-state index in [0.717, 1.165) is 32.1 Å². The Morgan fingerprint density at radius 2 is 1.78 bits per heavy atom. The number of rotatable bonds is 10. The van der Waals surface area contributed by atoms with Crippen LogP contribution in [0.1, 0.15) is 50.2 Å². The largest absolute Gasteiger partial charge is 0.385 e. The molecule has 1 aliphatic rings. The van der Waals surface area contributed by atoms with Crippen LogP contribution in [0.2, 0.25) is 0 Å². The maximum atomic E-state index is 5.34. The highest BCUT2D eigenvalue weighted by atomic mass is 127. The van der Waals surface area contributed by atoms with Crippen molar-refractivity contribution in [3.05, 3.63) is 35.4 Å². The van der Waals surface area contributed by atoms with Crippen molar-refractivity contribution in [3.8, 4) is 0 Å². The number of nitrogens with one attached hydrogen (secondary N) is 2. The monoisotopic (exact) mass is 489 g/mol. The molecule has 6 heteroatoms. The lowest BCUT2D eigenvalue weighted by Gasteiger charge is -2.30. The van der Waals surface area contributed by atoms with Gasteiger partial charge in [-0.2, -0.15) is 0 Å². The van der Waals surface area contributed by atoms with Crippen molar-refractivity contribution in [2.75, 3.05) is 33.9 Å². The van der Waals surface area contributed by atoms with Crippen molar-refractivity contribution >= 4 is 29.9 Å². The van der Waals surface area contributed by atoms with Gasteiger partial charge < -0.3 is 20.1 Å². The number of halogens is 1. The second-order valence-corrected chi connectivity index (χ2v) is 7.20. The van der Waals surface area contributed by atoms with Gasteiger partial charge in [0.2, 0.25) is 0 Å². The quantitative estimate of drug-likeness (QED) is 0.295. The molecule has 1 aliphatic carbocycles. The van der Waals surface area contributed by atoms with Crippen LogP contribution in [0.4, 0.5) is 0 Å². The van der Waals surface area contributed by atoms with E-state index in [1.165, 1.54) is 36.8 Å². The molecule has 154 valence electrons. The summed E-state index contributed by atoms with van der Waals surface area (Å²) in [7, 11) is 3.52. The normalized spacial score (nSPS) is 16.0. The van der Waals surface area contributed by atoms with E-state index in [-0.39, 0.29) is 24.0 Å². The molecule has 1 saturated carbocycles. The summed E-state index contributed by atoms with van der Waals surface area (Å²) in [4.78, 5) is 4.81. The summed E-state index contributed by atoms with van der Waals surface area (Å²) in [5, 5.41) is 6.96. The minimum atomic E-state index is 0. The summed E-state index contributed by atoms with van der Waals surface area (Å²) in [5.41, 5.74) is 2.75. The molecular formula is C21H36IN3O2. The first-order chi connectivity index (χ1) is 12.7. The number of ether oxygens (including phenoxy) is 2. The number of methoxy groups -OCH3 is 2. The molecule has 1 fully saturated rings. The third-order valence-electron chi connectivity index (χ3n) is 5.30. The fourth-order valence-corrected chi connectivity index (χ4v) is 3.74. The Balaban J connectivity index is 0.00000364. The van der Waals surface area contributed by atoms with Gasteiger partial charge in [0.1, 0.15) is 0 Å². The van der Waals surface area contributed by atoms with Crippen molar-refractivity contribution in [1.82, 2.24) is 10.6 Å². The molecule has 2 rings (SSSR count). The number of benzene rings is 1. The van der Waals surface area contributed by atoms with E-state index < -0.39 is 0 Å². The van der Waals surface area contributed by atoms with Crippen molar-refractivity contribution in [3.63, 3.8) is 0 Å². The van der Waals surface area contributed by atoms with Gasteiger partial charge in [-0.3, -0.25) is 0 Å². The second kappa shape index (κ2) is 13.3. The molecule has 0 atom stereocenters. The third-order valence-corrected chi connectivity index (χ3v) is 5.30. The minimum absolute atomic E-state index is 0. The van der Waals surface area contributed by atoms with E-state index in [4.69, 9.17) is 14.5 Å². The average molecular weight is 489 g/mol. The van der Waals surface area contributed by atoms with Crippen LogP contribution < -0.4 is 10.6 Å². The fraction of sp³-hybridized carbons (Fsp3) is 0.667. The van der Waals surface area contributed by atoms with Crippen molar-refractivity contribution in [2.45, 2.75) is 52.2 Å². The first-order valence-corrected chi connectivity index (χ1v) is 9.80. The number of hydrogen-bond acceptors (Lipinski definition) is 3. The van der Waals surface area contributed by atoms with Crippen molar-refractivity contribution in [2.24, 2.45) is 10.4 Å². The minimum Gasteiger partial charge on any atom is -0.385 e. The van der Waals surface area contributed by atoms with Crippen molar-refractivity contribution < 1.29 is 9.47 Å². The molecule has 27 heavy (non-hydrogen) atoms. The van der Waals surface area contributed by atoms with E-state index >= 15 is 0 Å². The molecule has 0 aliphatic heterocycles. The highest BCUT2D eigenvalue weighted by Crippen LogP contribution is 2.40.